The average Bonchev–Trinajstić information content (AvgIpc) is 3.47. The summed E-state index contributed by atoms with van der Waals surface area (Å²) in [6.45, 7) is 10.2. The van der Waals surface area contributed by atoms with Crippen LogP contribution >= 0.6 is 0 Å². The number of nitrogens with zero attached hydrogens (tertiary/aromatic N) is 3. The van der Waals surface area contributed by atoms with Crippen LogP contribution in [-0.2, 0) is 17.5 Å². The maximum atomic E-state index is 13.5. The lowest BCUT2D eigenvalue weighted by Gasteiger charge is -2.41. The van der Waals surface area contributed by atoms with Gasteiger partial charge in [0, 0.05) is 38.1 Å². The van der Waals surface area contributed by atoms with Gasteiger partial charge >= 0.3 is 6.18 Å². The van der Waals surface area contributed by atoms with Crippen LogP contribution in [-0.4, -0.2) is 39.7 Å². The van der Waals surface area contributed by atoms with Crippen molar-refractivity contribution in [1.29, 1.82) is 0 Å². The maximum absolute atomic E-state index is 13.5. The fraction of sp³-hybridized carbons (Fsp3) is 0.630. The quantitative estimate of drug-likeness (QED) is 0.573. The van der Waals surface area contributed by atoms with Gasteiger partial charge in [-0.25, -0.2) is 0 Å². The van der Waals surface area contributed by atoms with E-state index < -0.39 is 17.2 Å². The summed E-state index contributed by atoms with van der Waals surface area (Å²) in [7, 11) is 0. The highest BCUT2D eigenvalue weighted by atomic mass is 19.4. The van der Waals surface area contributed by atoms with Gasteiger partial charge in [-0.05, 0) is 68.2 Å². The number of halogens is 3. The Balaban J connectivity index is 1.40. The third kappa shape index (κ3) is 5.42. The van der Waals surface area contributed by atoms with Crippen LogP contribution in [0.2, 0.25) is 0 Å². The van der Waals surface area contributed by atoms with Crippen LogP contribution in [0.25, 0.3) is 0 Å². The van der Waals surface area contributed by atoms with Gasteiger partial charge < -0.3 is 5.32 Å². The number of benzene rings is 1. The second-order valence-electron chi connectivity index (χ2n) is 10.9. The molecule has 2 fully saturated rings. The first kappa shape index (κ1) is 25.7. The van der Waals surface area contributed by atoms with Crippen molar-refractivity contribution < 1.29 is 18.0 Å². The third-order valence-corrected chi connectivity index (χ3v) is 8.27. The zero-order valence-corrected chi connectivity index (χ0v) is 21.1. The second kappa shape index (κ2) is 9.96. The number of hydrogen-bond acceptors (Lipinski definition) is 3. The van der Waals surface area contributed by atoms with E-state index in [2.05, 4.69) is 40.8 Å². The minimum atomic E-state index is -4.40. The van der Waals surface area contributed by atoms with Crippen LogP contribution in [0.5, 0.6) is 0 Å². The smallest absolute Gasteiger partial charge is 0.352 e. The molecule has 4 unspecified atom stereocenters. The van der Waals surface area contributed by atoms with Gasteiger partial charge in [0.25, 0.3) is 0 Å². The number of piperidine rings is 1. The minimum Gasteiger partial charge on any atom is -0.352 e. The molecule has 35 heavy (non-hydrogen) atoms. The molecule has 1 aromatic carbocycles. The average molecular weight is 491 g/mol. The fourth-order valence-corrected chi connectivity index (χ4v) is 6.21. The Bertz CT molecular complexity index is 1020. The van der Waals surface area contributed by atoms with Crippen molar-refractivity contribution in [1.82, 2.24) is 20.0 Å². The normalized spacial score (nSPS) is 27.9. The predicted octanol–water partition coefficient (Wildman–Crippen LogP) is 5.60. The number of aromatic nitrogens is 2. The number of carbonyl (C=O) groups excluding carboxylic acids is 1. The van der Waals surface area contributed by atoms with Crippen molar-refractivity contribution >= 4 is 5.91 Å². The molecule has 8 heteroatoms. The van der Waals surface area contributed by atoms with Crippen molar-refractivity contribution in [2.24, 2.45) is 17.3 Å². The van der Waals surface area contributed by atoms with Crippen LogP contribution in [0.3, 0.4) is 0 Å². The predicted molar refractivity (Wildman–Crippen MR) is 130 cm³/mol. The summed E-state index contributed by atoms with van der Waals surface area (Å²) in [4.78, 5) is 16.0. The van der Waals surface area contributed by atoms with Crippen molar-refractivity contribution in [2.75, 3.05) is 13.1 Å². The molecule has 2 aromatic rings. The molecular weight excluding hydrogens is 453 g/mol. The molecule has 1 aliphatic heterocycles. The van der Waals surface area contributed by atoms with Crippen LogP contribution in [0.1, 0.15) is 69.2 Å². The summed E-state index contributed by atoms with van der Waals surface area (Å²) in [6.07, 6.45) is 3.06. The van der Waals surface area contributed by atoms with Gasteiger partial charge in [-0.2, -0.15) is 18.3 Å². The van der Waals surface area contributed by atoms with Gasteiger partial charge in [0.05, 0.1) is 17.0 Å². The van der Waals surface area contributed by atoms with E-state index in [9.17, 15) is 18.0 Å². The van der Waals surface area contributed by atoms with E-state index in [1.54, 1.807) is 13.0 Å². The van der Waals surface area contributed by atoms with E-state index >= 15 is 0 Å². The van der Waals surface area contributed by atoms with Gasteiger partial charge in [0.15, 0.2) is 0 Å². The molecule has 0 radical (unpaired) electrons. The monoisotopic (exact) mass is 490 g/mol. The number of hydrogen-bond donors (Lipinski definition) is 1. The minimum absolute atomic E-state index is 0.0375. The van der Waals surface area contributed by atoms with Crippen molar-refractivity contribution in [3.05, 3.63) is 53.3 Å². The zero-order valence-electron chi connectivity index (χ0n) is 21.1. The van der Waals surface area contributed by atoms with E-state index in [4.69, 9.17) is 0 Å². The molecule has 1 saturated heterocycles. The second-order valence-corrected chi connectivity index (χ2v) is 10.9. The Labute approximate surface area is 206 Å². The SMILES string of the molecule is Cc1cc(CNC(=O)C2(C(C)C)CCC(N3CCC(n4cccn4)C(C)C3)C2)cc(C(F)(F)F)c1. The van der Waals surface area contributed by atoms with Crippen LogP contribution < -0.4 is 5.32 Å². The van der Waals surface area contributed by atoms with Gasteiger partial charge in [0.2, 0.25) is 5.91 Å². The lowest BCUT2D eigenvalue weighted by atomic mass is 9.74. The molecule has 0 spiro atoms. The zero-order chi connectivity index (χ0) is 25.4. The van der Waals surface area contributed by atoms with E-state index in [1.807, 2.05) is 18.5 Å². The Morgan fingerprint density at radius 3 is 2.66 bits per heavy atom. The van der Waals surface area contributed by atoms with Crippen LogP contribution in [0.4, 0.5) is 13.2 Å². The topological polar surface area (TPSA) is 50.2 Å². The van der Waals surface area contributed by atoms with Gasteiger partial charge in [0.1, 0.15) is 0 Å². The molecule has 0 bridgehead atoms. The molecule has 4 atom stereocenters. The highest BCUT2D eigenvalue weighted by Gasteiger charge is 2.49. The highest BCUT2D eigenvalue weighted by Crippen LogP contribution is 2.47. The third-order valence-electron chi connectivity index (χ3n) is 8.27. The molecule has 2 aliphatic rings. The Morgan fingerprint density at radius 2 is 2.03 bits per heavy atom. The Kier molecular flexibility index (Phi) is 7.32. The van der Waals surface area contributed by atoms with Gasteiger partial charge in [-0.15, -0.1) is 0 Å². The first-order valence-corrected chi connectivity index (χ1v) is 12.7. The summed E-state index contributed by atoms with van der Waals surface area (Å²) in [5.74, 6) is 0.579. The van der Waals surface area contributed by atoms with E-state index in [0.717, 1.165) is 50.9 Å². The summed E-state index contributed by atoms with van der Waals surface area (Å²) in [5, 5.41) is 7.43. The maximum Gasteiger partial charge on any atom is 0.416 e. The molecule has 2 heterocycles. The molecule has 1 aromatic heterocycles. The number of nitrogens with one attached hydrogen (secondary N) is 1. The molecule has 1 saturated carbocycles. The summed E-state index contributed by atoms with van der Waals surface area (Å²) >= 11 is 0. The Hall–Kier alpha value is -2.35. The molecular formula is C27H37F3N4O. The largest absolute Gasteiger partial charge is 0.416 e. The fourth-order valence-electron chi connectivity index (χ4n) is 6.21. The molecule has 4 rings (SSSR count). The lowest BCUT2D eigenvalue weighted by Crippen LogP contribution is -2.47. The number of aryl methyl sites for hydroxylation is 1. The molecule has 1 amide bonds. The molecule has 5 nitrogen and oxygen atoms in total. The number of carbonyl (C=O) groups is 1. The van der Waals surface area contributed by atoms with Crippen LogP contribution in [0.15, 0.2) is 36.7 Å². The van der Waals surface area contributed by atoms with Crippen molar-refractivity contribution in [2.45, 2.75) is 78.2 Å². The number of likely N-dealkylation sites (tertiary alicyclic amines) is 1. The molecule has 1 N–H and O–H groups in total. The first-order valence-electron chi connectivity index (χ1n) is 12.7. The molecule has 192 valence electrons. The van der Waals surface area contributed by atoms with Crippen molar-refractivity contribution in [3.8, 4) is 0 Å². The first-order chi connectivity index (χ1) is 16.5. The summed E-state index contributed by atoms with van der Waals surface area (Å²) in [6, 6.07) is 6.69. The van der Waals surface area contributed by atoms with Crippen molar-refractivity contribution in [3.63, 3.8) is 0 Å². The number of rotatable bonds is 6. The highest BCUT2D eigenvalue weighted by molar-refractivity contribution is 5.83. The van der Waals surface area contributed by atoms with Gasteiger partial charge in [-0.3, -0.25) is 14.4 Å². The van der Waals surface area contributed by atoms with E-state index in [1.165, 1.54) is 0 Å². The Morgan fingerprint density at radius 1 is 1.26 bits per heavy atom. The lowest BCUT2D eigenvalue weighted by molar-refractivity contribution is -0.137. The standard InChI is InChI=1S/C27H37F3N4O/c1-18(2)26(25(35)31-16-21-12-19(3)13-22(14-21)27(28,29)30)8-6-23(15-26)33-11-7-24(20(4)17-33)34-10-5-9-32-34/h5,9-10,12-14,18,20,23-24H,6-8,11,15-17H2,1-4H3,(H,31,35). The molecule has 1 aliphatic carbocycles. The van der Waals surface area contributed by atoms with E-state index in [0.29, 0.717) is 29.1 Å². The summed E-state index contributed by atoms with van der Waals surface area (Å²) < 4.78 is 41.7. The van der Waals surface area contributed by atoms with Crippen LogP contribution in [0, 0.1) is 24.2 Å². The van der Waals surface area contributed by atoms with Gasteiger partial charge in [-0.1, -0.05) is 32.4 Å². The number of amides is 1. The number of alkyl halides is 3. The van der Waals surface area contributed by atoms with E-state index in [-0.39, 0.29) is 18.4 Å². The summed E-state index contributed by atoms with van der Waals surface area (Å²) in [5.41, 5.74) is -0.151.